The van der Waals surface area contributed by atoms with Crippen LogP contribution in [-0.2, 0) is 24.0 Å². The molecule has 3 amide bonds. The fourth-order valence-electron chi connectivity index (χ4n) is 1.77. The first-order chi connectivity index (χ1) is 11.5. The molecule has 0 rings (SSSR count). The summed E-state index contributed by atoms with van der Waals surface area (Å²) in [4.78, 5) is 56.4. The van der Waals surface area contributed by atoms with Crippen LogP contribution in [0.15, 0.2) is 0 Å². The van der Waals surface area contributed by atoms with Crippen molar-refractivity contribution in [3.05, 3.63) is 0 Å². The van der Waals surface area contributed by atoms with Gasteiger partial charge in [-0.2, -0.15) is 0 Å². The van der Waals surface area contributed by atoms with Crippen molar-refractivity contribution in [2.45, 2.75) is 50.4 Å². The van der Waals surface area contributed by atoms with Crippen LogP contribution in [0, 0.1) is 0 Å². The quantitative estimate of drug-likeness (QED) is 0.193. The molecule has 0 aliphatic carbocycles. The number of nitrogens with two attached hydrogens (primary N) is 2. The van der Waals surface area contributed by atoms with Gasteiger partial charge in [0, 0.05) is 6.42 Å². The number of hydrogen-bond acceptors (Lipinski definition) is 7. The summed E-state index contributed by atoms with van der Waals surface area (Å²) in [5, 5.41) is 31.1. The van der Waals surface area contributed by atoms with Gasteiger partial charge in [-0.3, -0.25) is 19.2 Å². The van der Waals surface area contributed by atoms with Crippen LogP contribution < -0.4 is 22.1 Å². The van der Waals surface area contributed by atoms with Gasteiger partial charge >= 0.3 is 11.9 Å². The number of amides is 3. The van der Waals surface area contributed by atoms with E-state index in [1.54, 1.807) is 0 Å². The molecule has 25 heavy (non-hydrogen) atoms. The van der Waals surface area contributed by atoms with Crippen LogP contribution in [0.1, 0.15) is 26.2 Å². The number of nitrogens with one attached hydrogen (secondary N) is 2. The summed E-state index contributed by atoms with van der Waals surface area (Å²) in [6.07, 6.45) is -2.79. The molecular weight excluding hydrogens is 340 g/mol. The first kappa shape index (κ1) is 22.3. The highest BCUT2D eigenvalue weighted by molar-refractivity contribution is 5.93. The van der Waals surface area contributed by atoms with Gasteiger partial charge in [0.1, 0.15) is 6.04 Å². The highest BCUT2D eigenvalue weighted by atomic mass is 16.4. The molecule has 0 radical (unpaired) electrons. The summed E-state index contributed by atoms with van der Waals surface area (Å²) in [5.74, 6) is -5.58. The van der Waals surface area contributed by atoms with Crippen LogP contribution in [0.4, 0.5) is 0 Å². The largest absolute Gasteiger partial charge is 0.481 e. The Balaban J connectivity index is 5.10. The molecule has 12 nitrogen and oxygen atoms in total. The molecule has 0 heterocycles. The van der Waals surface area contributed by atoms with Crippen molar-refractivity contribution in [2.75, 3.05) is 0 Å². The van der Waals surface area contributed by atoms with E-state index in [1.807, 2.05) is 5.32 Å². The van der Waals surface area contributed by atoms with Gasteiger partial charge in [0.15, 0.2) is 6.04 Å². The Labute approximate surface area is 142 Å². The van der Waals surface area contributed by atoms with Crippen molar-refractivity contribution in [1.29, 1.82) is 0 Å². The van der Waals surface area contributed by atoms with Gasteiger partial charge in [0.05, 0.1) is 18.6 Å². The van der Waals surface area contributed by atoms with E-state index in [0.717, 1.165) is 6.92 Å². The van der Waals surface area contributed by atoms with Crippen LogP contribution in [0.5, 0.6) is 0 Å². The van der Waals surface area contributed by atoms with Crippen molar-refractivity contribution in [3.8, 4) is 0 Å². The smallest absolute Gasteiger partial charge is 0.328 e. The highest BCUT2D eigenvalue weighted by Gasteiger charge is 2.30. The van der Waals surface area contributed by atoms with E-state index in [2.05, 4.69) is 5.32 Å². The maximum absolute atomic E-state index is 12.1. The van der Waals surface area contributed by atoms with E-state index >= 15 is 0 Å². The lowest BCUT2D eigenvalue weighted by Gasteiger charge is -2.23. The summed E-state index contributed by atoms with van der Waals surface area (Å²) < 4.78 is 0. The van der Waals surface area contributed by atoms with Gasteiger partial charge in [-0.1, -0.05) is 0 Å². The average Bonchev–Trinajstić information content (AvgIpc) is 2.46. The first-order valence-electron chi connectivity index (χ1n) is 7.23. The van der Waals surface area contributed by atoms with Crippen molar-refractivity contribution in [2.24, 2.45) is 11.5 Å². The van der Waals surface area contributed by atoms with Crippen molar-refractivity contribution in [3.63, 3.8) is 0 Å². The number of carbonyl (C=O) groups is 5. The zero-order valence-corrected chi connectivity index (χ0v) is 13.5. The molecule has 142 valence electrons. The average molecular weight is 362 g/mol. The molecule has 0 saturated heterocycles. The number of carboxylic acids is 2. The Kier molecular flexibility index (Phi) is 9.09. The van der Waals surface area contributed by atoms with Crippen LogP contribution >= 0.6 is 0 Å². The highest BCUT2D eigenvalue weighted by Crippen LogP contribution is 2.02. The third kappa shape index (κ3) is 8.62. The van der Waals surface area contributed by atoms with Gasteiger partial charge in [-0.15, -0.1) is 0 Å². The Morgan fingerprint density at radius 3 is 2.00 bits per heavy atom. The maximum Gasteiger partial charge on any atom is 0.328 e. The van der Waals surface area contributed by atoms with Gasteiger partial charge in [-0.25, -0.2) is 4.79 Å². The fourth-order valence-corrected chi connectivity index (χ4v) is 1.77. The standard InChI is InChI=1S/C13H22N4O8/c1-5(18)10(13(24)25)17-12(23)7(2-3-9(20)21)16-11(22)6(14)4-8(15)19/h5-7,10,18H,2-4,14H2,1H3,(H2,15,19)(H,16,22)(H,17,23)(H,20,21)(H,24,25). The zero-order valence-electron chi connectivity index (χ0n) is 13.5. The van der Waals surface area contributed by atoms with E-state index < -0.39 is 66.7 Å². The number of aliphatic hydroxyl groups excluding tert-OH is 1. The van der Waals surface area contributed by atoms with Gasteiger partial charge in [0.2, 0.25) is 17.7 Å². The van der Waals surface area contributed by atoms with E-state index in [4.69, 9.17) is 21.7 Å². The number of carboxylic acid groups (broad SMARTS) is 2. The normalized spacial score (nSPS) is 15.3. The third-order valence-corrected chi connectivity index (χ3v) is 3.08. The molecule has 0 aromatic rings. The Hall–Kier alpha value is -2.73. The molecule has 4 atom stereocenters. The lowest BCUT2D eigenvalue weighted by Crippen LogP contribution is -2.56. The molecule has 0 saturated carbocycles. The Bertz CT molecular complexity index is 536. The van der Waals surface area contributed by atoms with Crippen LogP contribution in [0.2, 0.25) is 0 Å². The molecule has 0 fully saturated rings. The topological polar surface area (TPSA) is 222 Å². The summed E-state index contributed by atoms with van der Waals surface area (Å²) >= 11 is 0. The van der Waals surface area contributed by atoms with Crippen LogP contribution in [-0.4, -0.2) is 69.2 Å². The molecule has 0 aliphatic rings. The molecule has 4 unspecified atom stereocenters. The number of rotatable bonds is 11. The van der Waals surface area contributed by atoms with E-state index in [0.29, 0.717) is 0 Å². The van der Waals surface area contributed by atoms with E-state index in [9.17, 15) is 29.1 Å². The van der Waals surface area contributed by atoms with Crippen molar-refractivity contribution < 1.29 is 39.3 Å². The second kappa shape index (κ2) is 10.2. The summed E-state index contributed by atoms with van der Waals surface area (Å²) in [6.45, 7) is 1.13. The van der Waals surface area contributed by atoms with Crippen LogP contribution in [0.3, 0.4) is 0 Å². The van der Waals surface area contributed by atoms with Crippen LogP contribution in [0.25, 0.3) is 0 Å². The number of hydrogen-bond donors (Lipinski definition) is 7. The monoisotopic (exact) mass is 362 g/mol. The molecule has 12 heteroatoms. The third-order valence-electron chi connectivity index (χ3n) is 3.08. The first-order valence-corrected chi connectivity index (χ1v) is 7.23. The molecule has 0 aliphatic heterocycles. The van der Waals surface area contributed by atoms with E-state index in [1.165, 1.54) is 0 Å². The van der Waals surface area contributed by atoms with Crippen molar-refractivity contribution >= 4 is 29.7 Å². The molecule has 0 aromatic carbocycles. The fraction of sp³-hybridized carbons (Fsp3) is 0.615. The summed E-state index contributed by atoms with van der Waals surface area (Å²) in [7, 11) is 0. The zero-order chi connectivity index (χ0) is 19.7. The SMILES string of the molecule is CC(O)C(NC(=O)C(CCC(=O)O)NC(=O)C(N)CC(N)=O)C(=O)O. The predicted octanol–water partition coefficient (Wildman–Crippen LogP) is -3.51. The lowest BCUT2D eigenvalue weighted by molar-refractivity contribution is -0.145. The number of primary amides is 1. The van der Waals surface area contributed by atoms with E-state index in [-0.39, 0.29) is 6.42 Å². The molecular formula is C13H22N4O8. The minimum atomic E-state index is -1.66. The number of aliphatic hydroxyl groups is 1. The Morgan fingerprint density at radius 2 is 1.60 bits per heavy atom. The predicted molar refractivity (Wildman–Crippen MR) is 81.8 cm³/mol. The molecule has 0 spiro atoms. The maximum atomic E-state index is 12.1. The second-order valence-electron chi connectivity index (χ2n) is 5.34. The lowest BCUT2D eigenvalue weighted by atomic mass is 10.1. The van der Waals surface area contributed by atoms with Gasteiger partial charge in [-0.05, 0) is 13.3 Å². The van der Waals surface area contributed by atoms with Gasteiger partial charge in [0.25, 0.3) is 0 Å². The molecule has 9 N–H and O–H groups in total. The number of aliphatic carboxylic acids is 2. The summed E-state index contributed by atoms with van der Waals surface area (Å²) in [5.41, 5.74) is 10.3. The summed E-state index contributed by atoms with van der Waals surface area (Å²) in [6, 6.07) is -4.44. The minimum absolute atomic E-state index is 0.359. The van der Waals surface area contributed by atoms with Gasteiger partial charge < -0.3 is 37.4 Å². The van der Waals surface area contributed by atoms with Crippen molar-refractivity contribution in [1.82, 2.24) is 10.6 Å². The Morgan fingerprint density at radius 1 is 1.04 bits per heavy atom. The minimum Gasteiger partial charge on any atom is -0.481 e. The molecule has 0 bridgehead atoms. The molecule has 0 aromatic heterocycles. The second-order valence-corrected chi connectivity index (χ2v) is 5.34. The number of carbonyl (C=O) groups excluding carboxylic acids is 3.